The Morgan fingerprint density at radius 1 is 1.23 bits per heavy atom. The molecular formula is C8H3BrCl2N2. The molecule has 0 aliphatic rings. The van der Waals surface area contributed by atoms with Crippen LogP contribution in [0, 0.1) is 0 Å². The number of halogens is 3. The maximum atomic E-state index is 5.88. The van der Waals surface area contributed by atoms with Crippen LogP contribution in [0.5, 0.6) is 0 Å². The normalized spacial score (nSPS) is 10.7. The Kier molecular flexibility index (Phi) is 2.41. The van der Waals surface area contributed by atoms with E-state index in [0.717, 1.165) is 15.4 Å². The molecule has 2 aromatic rings. The molecular weight excluding hydrogens is 275 g/mol. The summed E-state index contributed by atoms with van der Waals surface area (Å²) in [4.78, 5) is 8.06. The standard InChI is InChI=1S/C8H3BrCl2N2/c9-4-1-5-6(12-3-4)2-7(10)13-8(5)11/h1-3H. The molecule has 13 heavy (non-hydrogen) atoms. The molecule has 0 aliphatic heterocycles. The summed E-state index contributed by atoms with van der Waals surface area (Å²) in [5.74, 6) is 0. The van der Waals surface area contributed by atoms with Gasteiger partial charge in [0, 0.05) is 22.1 Å². The van der Waals surface area contributed by atoms with Crippen molar-refractivity contribution in [2.24, 2.45) is 0 Å². The molecule has 0 saturated heterocycles. The third-order valence-corrected chi connectivity index (χ3v) is 2.48. The second-order valence-corrected chi connectivity index (χ2v) is 4.12. The van der Waals surface area contributed by atoms with Crippen LogP contribution in [0.25, 0.3) is 10.9 Å². The van der Waals surface area contributed by atoms with Gasteiger partial charge < -0.3 is 0 Å². The summed E-state index contributed by atoms with van der Waals surface area (Å²) in [5.41, 5.74) is 0.744. The molecule has 2 nitrogen and oxygen atoms in total. The number of hydrogen-bond donors (Lipinski definition) is 0. The number of hydrogen-bond acceptors (Lipinski definition) is 2. The predicted octanol–water partition coefficient (Wildman–Crippen LogP) is 3.70. The Morgan fingerprint density at radius 3 is 2.77 bits per heavy atom. The summed E-state index contributed by atoms with van der Waals surface area (Å²) in [6, 6.07) is 3.53. The van der Waals surface area contributed by atoms with Crippen LogP contribution in [0.4, 0.5) is 0 Å². The molecule has 0 radical (unpaired) electrons. The van der Waals surface area contributed by atoms with Crippen molar-refractivity contribution >= 4 is 50.0 Å². The molecule has 0 aromatic carbocycles. The fraction of sp³-hybridized carbons (Fsp3) is 0. The number of aromatic nitrogens is 2. The minimum Gasteiger partial charge on any atom is -0.255 e. The molecule has 2 aromatic heterocycles. The number of nitrogens with zero attached hydrogens (tertiary/aromatic N) is 2. The van der Waals surface area contributed by atoms with Gasteiger partial charge in [-0.3, -0.25) is 4.98 Å². The lowest BCUT2D eigenvalue weighted by Gasteiger charge is -1.99. The van der Waals surface area contributed by atoms with Crippen LogP contribution >= 0.6 is 39.1 Å². The van der Waals surface area contributed by atoms with E-state index in [0.29, 0.717) is 10.3 Å². The third kappa shape index (κ3) is 1.77. The Balaban J connectivity index is 2.87. The van der Waals surface area contributed by atoms with E-state index in [9.17, 15) is 0 Å². The summed E-state index contributed by atoms with van der Waals surface area (Å²) in [5, 5.41) is 1.52. The van der Waals surface area contributed by atoms with Gasteiger partial charge in [0.05, 0.1) is 5.52 Å². The maximum absolute atomic E-state index is 5.88. The number of fused-ring (bicyclic) bond motifs is 1. The lowest BCUT2D eigenvalue weighted by Crippen LogP contribution is -1.84. The Hall–Kier alpha value is -0.380. The summed E-state index contributed by atoms with van der Waals surface area (Å²) in [6.45, 7) is 0. The smallest absolute Gasteiger partial charge is 0.140 e. The Morgan fingerprint density at radius 2 is 2.00 bits per heavy atom. The minimum atomic E-state index is 0.354. The van der Waals surface area contributed by atoms with Crippen molar-refractivity contribution in [1.29, 1.82) is 0 Å². The zero-order chi connectivity index (χ0) is 9.42. The zero-order valence-electron chi connectivity index (χ0n) is 6.26. The van der Waals surface area contributed by atoms with Crippen LogP contribution in [-0.4, -0.2) is 9.97 Å². The van der Waals surface area contributed by atoms with Gasteiger partial charge in [-0.25, -0.2) is 4.98 Å². The van der Waals surface area contributed by atoms with Crippen molar-refractivity contribution in [3.05, 3.63) is 33.1 Å². The summed E-state index contributed by atoms with van der Waals surface area (Å²) in [6.07, 6.45) is 1.69. The van der Waals surface area contributed by atoms with E-state index >= 15 is 0 Å². The van der Waals surface area contributed by atoms with Gasteiger partial charge in [-0.1, -0.05) is 23.2 Å². The highest BCUT2D eigenvalue weighted by Gasteiger charge is 2.03. The Bertz CT molecular complexity index is 473. The fourth-order valence-corrected chi connectivity index (χ4v) is 1.83. The van der Waals surface area contributed by atoms with Crippen molar-refractivity contribution < 1.29 is 0 Å². The largest absolute Gasteiger partial charge is 0.255 e. The Labute approximate surface area is 93.0 Å². The average molecular weight is 278 g/mol. The SMILES string of the molecule is Clc1cc2ncc(Br)cc2c(Cl)n1. The molecule has 0 atom stereocenters. The van der Waals surface area contributed by atoms with E-state index in [1.807, 2.05) is 6.07 Å². The molecule has 0 bridgehead atoms. The van der Waals surface area contributed by atoms with Crippen molar-refractivity contribution in [1.82, 2.24) is 9.97 Å². The van der Waals surface area contributed by atoms with Gasteiger partial charge in [0.25, 0.3) is 0 Å². The summed E-state index contributed by atoms with van der Waals surface area (Å²) < 4.78 is 0.867. The summed E-state index contributed by atoms with van der Waals surface area (Å²) in [7, 11) is 0. The minimum absolute atomic E-state index is 0.354. The topological polar surface area (TPSA) is 25.8 Å². The van der Waals surface area contributed by atoms with Crippen molar-refractivity contribution in [2.75, 3.05) is 0 Å². The highest BCUT2D eigenvalue weighted by Crippen LogP contribution is 2.25. The molecule has 2 heterocycles. The van der Waals surface area contributed by atoms with Crippen molar-refractivity contribution in [3.8, 4) is 0 Å². The first-order valence-electron chi connectivity index (χ1n) is 3.44. The van der Waals surface area contributed by atoms with Gasteiger partial charge in [-0.05, 0) is 22.0 Å². The van der Waals surface area contributed by atoms with E-state index in [1.165, 1.54) is 0 Å². The van der Waals surface area contributed by atoms with Crippen molar-refractivity contribution in [2.45, 2.75) is 0 Å². The van der Waals surface area contributed by atoms with E-state index in [1.54, 1.807) is 12.3 Å². The van der Waals surface area contributed by atoms with Gasteiger partial charge >= 0.3 is 0 Å². The molecule has 0 unspecified atom stereocenters. The predicted molar refractivity (Wildman–Crippen MR) is 57.3 cm³/mol. The lowest BCUT2D eigenvalue weighted by molar-refractivity contribution is 1.32. The molecule has 2 rings (SSSR count). The van der Waals surface area contributed by atoms with E-state index < -0.39 is 0 Å². The highest BCUT2D eigenvalue weighted by molar-refractivity contribution is 9.10. The van der Waals surface area contributed by atoms with Crippen LogP contribution in [0.2, 0.25) is 10.3 Å². The van der Waals surface area contributed by atoms with Crippen LogP contribution in [-0.2, 0) is 0 Å². The van der Waals surface area contributed by atoms with E-state index in [4.69, 9.17) is 23.2 Å². The molecule has 0 aliphatic carbocycles. The van der Waals surface area contributed by atoms with Gasteiger partial charge in [0.1, 0.15) is 10.3 Å². The molecule has 0 amide bonds. The first kappa shape index (κ1) is 9.19. The molecule has 0 fully saturated rings. The van der Waals surface area contributed by atoms with Gasteiger partial charge in [0.2, 0.25) is 0 Å². The second-order valence-electron chi connectivity index (χ2n) is 2.46. The van der Waals surface area contributed by atoms with Crippen LogP contribution in [0.3, 0.4) is 0 Å². The lowest BCUT2D eigenvalue weighted by atomic mass is 10.3. The maximum Gasteiger partial charge on any atom is 0.140 e. The quantitative estimate of drug-likeness (QED) is 0.686. The molecule has 66 valence electrons. The van der Waals surface area contributed by atoms with Crippen LogP contribution < -0.4 is 0 Å². The van der Waals surface area contributed by atoms with Crippen LogP contribution in [0.1, 0.15) is 0 Å². The molecule has 0 N–H and O–H groups in total. The molecule has 0 spiro atoms. The van der Waals surface area contributed by atoms with E-state index in [-0.39, 0.29) is 0 Å². The van der Waals surface area contributed by atoms with Gasteiger partial charge in [-0.2, -0.15) is 0 Å². The van der Waals surface area contributed by atoms with E-state index in [2.05, 4.69) is 25.9 Å². The van der Waals surface area contributed by atoms with Gasteiger partial charge in [0.15, 0.2) is 0 Å². The average Bonchev–Trinajstić information content (AvgIpc) is 2.06. The van der Waals surface area contributed by atoms with Gasteiger partial charge in [-0.15, -0.1) is 0 Å². The third-order valence-electron chi connectivity index (χ3n) is 1.57. The van der Waals surface area contributed by atoms with Crippen LogP contribution in [0.15, 0.2) is 22.8 Å². The number of pyridine rings is 2. The van der Waals surface area contributed by atoms with Crippen molar-refractivity contribution in [3.63, 3.8) is 0 Å². The number of rotatable bonds is 0. The summed E-state index contributed by atoms with van der Waals surface area (Å²) >= 11 is 14.9. The monoisotopic (exact) mass is 276 g/mol. The first-order valence-corrected chi connectivity index (χ1v) is 4.99. The fourth-order valence-electron chi connectivity index (χ4n) is 1.03. The molecule has 0 saturated carbocycles. The zero-order valence-corrected chi connectivity index (χ0v) is 9.36. The highest BCUT2D eigenvalue weighted by atomic mass is 79.9. The second kappa shape index (κ2) is 3.40. The molecule has 5 heteroatoms. The first-order chi connectivity index (χ1) is 6.16.